The Hall–Kier alpha value is -5.25. The molecule has 0 radical (unpaired) electrons. The normalized spacial score (nSPS) is 10.8. The molecule has 0 unspecified atom stereocenters. The Bertz CT molecular complexity index is 1660. The summed E-state index contributed by atoms with van der Waals surface area (Å²) in [7, 11) is 4.83. The SMILES string of the molecule is COc1c(Nc2cc(Nc3cccc(C#N)n3)nc3[nH]n(C)c(=O)c23)cccc1-c1nnn(C)n1. The number of nitrogens with zero attached hydrogens (tertiary/aromatic N) is 8. The second-order valence-electron chi connectivity index (χ2n) is 7.51. The topological polar surface area (TPSA) is 164 Å². The Kier molecular flexibility index (Phi) is 5.30. The number of ether oxygens (including phenoxy) is 1. The standard InChI is InChI=1S/C22H19N11O2/c1-32-22(34)18-15(10-17(27-21(18)29-32)26-16-9-4-6-12(11-23)24-16)25-14-8-5-7-13(19(14)35-3)20-28-31-33(2)30-20/h4-10H,1-3H3,(H3,24,25,26,27,29). The van der Waals surface area contributed by atoms with E-state index in [4.69, 9.17) is 10.00 Å². The summed E-state index contributed by atoms with van der Waals surface area (Å²) in [5.41, 5.74) is 2.08. The smallest absolute Gasteiger partial charge is 0.277 e. The molecule has 0 fully saturated rings. The number of methoxy groups -OCH3 is 1. The Morgan fingerprint density at radius 3 is 2.63 bits per heavy atom. The molecule has 1 aromatic carbocycles. The monoisotopic (exact) mass is 469 g/mol. The van der Waals surface area contributed by atoms with Crippen LogP contribution >= 0.6 is 0 Å². The summed E-state index contributed by atoms with van der Waals surface area (Å²) in [6, 6.07) is 14.2. The molecule has 13 nitrogen and oxygen atoms in total. The number of nitriles is 1. The number of anilines is 4. The zero-order valence-corrected chi connectivity index (χ0v) is 18.9. The van der Waals surface area contributed by atoms with Gasteiger partial charge in [-0.05, 0) is 29.5 Å². The van der Waals surface area contributed by atoms with Crippen LogP contribution in [-0.2, 0) is 14.1 Å². The molecule has 0 aliphatic carbocycles. The molecule has 0 saturated heterocycles. The first kappa shape index (κ1) is 21.6. The van der Waals surface area contributed by atoms with Gasteiger partial charge in [-0.15, -0.1) is 10.2 Å². The van der Waals surface area contributed by atoms with Gasteiger partial charge in [0, 0.05) is 13.1 Å². The van der Waals surface area contributed by atoms with E-state index in [0.29, 0.717) is 51.2 Å². The Morgan fingerprint density at radius 2 is 1.89 bits per heavy atom. The second-order valence-corrected chi connectivity index (χ2v) is 7.51. The van der Waals surface area contributed by atoms with Gasteiger partial charge in [0.15, 0.2) is 11.4 Å². The van der Waals surface area contributed by atoms with Crippen molar-refractivity contribution in [1.29, 1.82) is 5.26 Å². The fourth-order valence-corrected chi connectivity index (χ4v) is 3.65. The summed E-state index contributed by atoms with van der Waals surface area (Å²) in [6.07, 6.45) is 0. The van der Waals surface area contributed by atoms with Gasteiger partial charge in [-0.25, -0.2) is 9.97 Å². The molecule has 0 bridgehead atoms. The lowest BCUT2D eigenvalue weighted by Gasteiger charge is -2.15. The van der Waals surface area contributed by atoms with E-state index in [1.807, 2.05) is 24.3 Å². The van der Waals surface area contributed by atoms with Gasteiger partial charge in [0.25, 0.3) is 5.56 Å². The first-order valence-electron chi connectivity index (χ1n) is 10.4. The maximum Gasteiger partial charge on any atom is 0.277 e. The molecule has 0 aliphatic rings. The number of pyridine rings is 2. The first-order chi connectivity index (χ1) is 17.0. The minimum absolute atomic E-state index is 0.253. The molecule has 4 aromatic heterocycles. The third-order valence-electron chi connectivity index (χ3n) is 5.17. The van der Waals surface area contributed by atoms with Crippen LogP contribution in [0.15, 0.2) is 47.3 Å². The lowest BCUT2D eigenvalue weighted by atomic mass is 10.1. The van der Waals surface area contributed by atoms with E-state index in [1.165, 1.54) is 9.48 Å². The van der Waals surface area contributed by atoms with Crippen LogP contribution in [0.4, 0.5) is 23.0 Å². The van der Waals surface area contributed by atoms with E-state index in [-0.39, 0.29) is 11.3 Å². The first-order valence-corrected chi connectivity index (χ1v) is 10.4. The Balaban J connectivity index is 1.61. The maximum atomic E-state index is 12.9. The van der Waals surface area contributed by atoms with Crippen LogP contribution in [-0.4, -0.2) is 47.1 Å². The summed E-state index contributed by atoms with van der Waals surface area (Å²) in [4.78, 5) is 23.0. The van der Waals surface area contributed by atoms with Gasteiger partial charge in [0.1, 0.15) is 28.8 Å². The molecule has 5 rings (SSSR count). The van der Waals surface area contributed by atoms with Crippen molar-refractivity contribution in [3.05, 3.63) is 58.5 Å². The average molecular weight is 469 g/mol. The highest BCUT2D eigenvalue weighted by molar-refractivity contribution is 5.94. The zero-order chi connectivity index (χ0) is 24.5. The third kappa shape index (κ3) is 4.00. The number of aromatic amines is 1. The van der Waals surface area contributed by atoms with Crippen molar-refractivity contribution in [3.63, 3.8) is 0 Å². The Morgan fingerprint density at radius 1 is 1.06 bits per heavy atom. The number of aryl methyl sites for hydroxylation is 2. The summed E-state index contributed by atoms with van der Waals surface area (Å²) in [5, 5.41) is 31.0. The average Bonchev–Trinajstić information content (AvgIpc) is 3.41. The number of nitrogens with one attached hydrogen (secondary N) is 3. The second kappa shape index (κ2) is 8.60. The minimum atomic E-state index is -0.253. The fourth-order valence-electron chi connectivity index (χ4n) is 3.65. The summed E-state index contributed by atoms with van der Waals surface area (Å²) >= 11 is 0. The maximum absolute atomic E-state index is 12.9. The Labute approximate surface area is 198 Å². The van der Waals surface area contributed by atoms with Crippen LogP contribution in [0.5, 0.6) is 5.75 Å². The van der Waals surface area contributed by atoms with Crippen molar-refractivity contribution in [2.75, 3.05) is 17.7 Å². The largest absolute Gasteiger partial charge is 0.494 e. The summed E-state index contributed by atoms with van der Waals surface area (Å²) in [6.45, 7) is 0. The highest BCUT2D eigenvalue weighted by atomic mass is 16.5. The van der Waals surface area contributed by atoms with Crippen molar-refractivity contribution in [2.24, 2.45) is 14.1 Å². The van der Waals surface area contributed by atoms with E-state index in [2.05, 4.69) is 41.1 Å². The van der Waals surface area contributed by atoms with Crippen molar-refractivity contribution in [2.45, 2.75) is 0 Å². The van der Waals surface area contributed by atoms with Gasteiger partial charge in [-0.1, -0.05) is 12.1 Å². The number of tetrazole rings is 1. The molecule has 174 valence electrons. The van der Waals surface area contributed by atoms with Crippen molar-refractivity contribution in [3.8, 4) is 23.2 Å². The van der Waals surface area contributed by atoms with Crippen LogP contribution in [0.3, 0.4) is 0 Å². The highest BCUT2D eigenvalue weighted by Gasteiger charge is 2.18. The van der Waals surface area contributed by atoms with Gasteiger partial charge >= 0.3 is 0 Å². The molecule has 35 heavy (non-hydrogen) atoms. The number of H-pyrrole nitrogens is 1. The molecule has 0 aliphatic heterocycles. The van der Waals surface area contributed by atoms with E-state index in [1.54, 1.807) is 45.5 Å². The van der Waals surface area contributed by atoms with Crippen LogP contribution < -0.4 is 20.9 Å². The van der Waals surface area contributed by atoms with Crippen LogP contribution in [0, 0.1) is 11.3 Å². The molecule has 0 atom stereocenters. The molecule has 3 N–H and O–H groups in total. The highest BCUT2D eigenvalue weighted by Crippen LogP contribution is 2.37. The quantitative estimate of drug-likeness (QED) is 0.336. The van der Waals surface area contributed by atoms with Crippen molar-refractivity contribution >= 4 is 34.0 Å². The molecular formula is C22H19N11O2. The number of fused-ring (bicyclic) bond motifs is 1. The fraction of sp³-hybridized carbons (Fsp3) is 0.136. The van der Waals surface area contributed by atoms with Crippen molar-refractivity contribution in [1.82, 2.24) is 40.0 Å². The van der Waals surface area contributed by atoms with Crippen LogP contribution in [0.1, 0.15) is 5.69 Å². The number of aromatic nitrogens is 8. The third-order valence-corrected chi connectivity index (χ3v) is 5.17. The molecule has 4 heterocycles. The van der Waals surface area contributed by atoms with Gasteiger partial charge < -0.3 is 15.4 Å². The van der Waals surface area contributed by atoms with Crippen molar-refractivity contribution < 1.29 is 4.74 Å². The zero-order valence-electron chi connectivity index (χ0n) is 18.9. The molecule has 0 saturated carbocycles. The number of hydrogen-bond donors (Lipinski definition) is 3. The van der Waals surface area contributed by atoms with Gasteiger partial charge in [0.2, 0.25) is 5.82 Å². The van der Waals surface area contributed by atoms with Crippen LogP contribution in [0.25, 0.3) is 22.4 Å². The van der Waals surface area contributed by atoms with E-state index >= 15 is 0 Å². The van der Waals surface area contributed by atoms with Gasteiger partial charge in [-0.2, -0.15) is 10.1 Å². The summed E-state index contributed by atoms with van der Waals surface area (Å²) in [5.74, 6) is 1.73. The molecule has 0 amide bonds. The van der Waals surface area contributed by atoms with E-state index in [9.17, 15) is 4.79 Å². The number of benzene rings is 1. The molecular weight excluding hydrogens is 450 g/mol. The number of rotatable bonds is 6. The van der Waals surface area contributed by atoms with Crippen LogP contribution in [0.2, 0.25) is 0 Å². The minimum Gasteiger partial charge on any atom is -0.494 e. The number of para-hydroxylation sites is 1. The predicted octanol–water partition coefficient (Wildman–Crippen LogP) is 2.21. The van der Waals surface area contributed by atoms with Gasteiger partial charge in [-0.3, -0.25) is 14.6 Å². The van der Waals surface area contributed by atoms with E-state index < -0.39 is 0 Å². The van der Waals surface area contributed by atoms with E-state index in [0.717, 1.165) is 0 Å². The molecule has 13 heteroatoms. The molecule has 5 aromatic rings. The number of hydrogen-bond acceptors (Lipinski definition) is 10. The lowest BCUT2D eigenvalue weighted by molar-refractivity contribution is 0.418. The van der Waals surface area contributed by atoms with Gasteiger partial charge in [0.05, 0.1) is 31.1 Å². The molecule has 0 spiro atoms. The summed E-state index contributed by atoms with van der Waals surface area (Å²) < 4.78 is 7.01. The predicted molar refractivity (Wildman–Crippen MR) is 128 cm³/mol. The lowest BCUT2D eigenvalue weighted by Crippen LogP contribution is -2.12.